The molecule has 0 heterocycles. The summed E-state index contributed by atoms with van der Waals surface area (Å²) in [5, 5.41) is 6.66. The SMILES string of the molecule is CN=C(NCc1ccc(CN(C)C)cc1)NCc1ccccc1OC.I. The maximum atomic E-state index is 5.38. The van der Waals surface area contributed by atoms with Gasteiger partial charge in [0.2, 0.25) is 0 Å². The third kappa shape index (κ3) is 7.21. The van der Waals surface area contributed by atoms with Gasteiger partial charge in [0.15, 0.2) is 5.96 Å². The summed E-state index contributed by atoms with van der Waals surface area (Å²) in [4.78, 5) is 6.44. The highest BCUT2D eigenvalue weighted by Gasteiger charge is 2.04. The molecule has 6 heteroatoms. The second-order valence-electron chi connectivity index (χ2n) is 6.15. The first kappa shape index (κ1) is 22.2. The predicted molar refractivity (Wildman–Crippen MR) is 119 cm³/mol. The molecule has 0 bridgehead atoms. The van der Waals surface area contributed by atoms with Gasteiger partial charge in [-0.05, 0) is 31.3 Å². The average Bonchev–Trinajstić information content (AvgIpc) is 2.63. The number of nitrogens with one attached hydrogen (secondary N) is 2. The highest BCUT2D eigenvalue weighted by molar-refractivity contribution is 14.0. The van der Waals surface area contributed by atoms with Gasteiger partial charge in [-0.25, -0.2) is 0 Å². The maximum absolute atomic E-state index is 5.38. The minimum atomic E-state index is 0. The monoisotopic (exact) mass is 468 g/mol. The van der Waals surface area contributed by atoms with E-state index in [-0.39, 0.29) is 24.0 Å². The highest BCUT2D eigenvalue weighted by Crippen LogP contribution is 2.16. The van der Waals surface area contributed by atoms with Crippen molar-refractivity contribution < 1.29 is 4.74 Å². The molecule has 0 aromatic heterocycles. The van der Waals surface area contributed by atoms with Gasteiger partial charge in [-0.2, -0.15) is 0 Å². The number of ether oxygens (including phenoxy) is 1. The Hall–Kier alpha value is -1.80. The van der Waals surface area contributed by atoms with Gasteiger partial charge in [0.25, 0.3) is 0 Å². The van der Waals surface area contributed by atoms with Crippen LogP contribution in [-0.4, -0.2) is 39.1 Å². The van der Waals surface area contributed by atoms with Crippen molar-refractivity contribution in [3.8, 4) is 5.75 Å². The van der Waals surface area contributed by atoms with Crippen LogP contribution in [0.25, 0.3) is 0 Å². The van der Waals surface area contributed by atoms with E-state index in [1.54, 1.807) is 14.2 Å². The zero-order chi connectivity index (χ0) is 18.1. The highest BCUT2D eigenvalue weighted by atomic mass is 127. The third-order valence-electron chi connectivity index (χ3n) is 3.84. The molecule has 0 aliphatic carbocycles. The standard InChI is InChI=1S/C20H28N4O.HI/c1-21-20(23-14-18-7-5-6-8-19(18)25-4)22-13-16-9-11-17(12-10-16)15-24(2)3;/h5-12H,13-15H2,1-4H3,(H2,21,22,23);1H. The van der Waals surface area contributed by atoms with E-state index >= 15 is 0 Å². The quantitative estimate of drug-likeness (QED) is 0.372. The van der Waals surface area contributed by atoms with Gasteiger partial charge in [-0.15, -0.1) is 24.0 Å². The Bertz CT molecular complexity index is 686. The predicted octanol–water partition coefficient (Wildman–Crippen LogP) is 3.24. The van der Waals surface area contributed by atoms with Crippen LogP contribution in [0.1, 0.15) is 16.7 Å². The summed E-state index contributed by atoms with van der Waals surface area (Å²) in [5.41, 5.74) is 3.64. The van der Waals surface area contributed by atoms with Crippen molar-refractivity contribution in [1.29, 1.82) is 0 Å². The van der Waals surface area contributed by atoms with E-state index in [9.17, 15) is 0 Å². The fourth-order valence-electron chi connectivity index (χ4n) is 2.56. The van der Waals surface area contributed by atoms with Crippen LogP contribution in [0, 0.1) is 0 Å². The van der Waals surface area contributed by atoms with Gasteiger partial charge >= 0.3 is 0 Å². The molecule has 0 atom stereocenters. The van der Waals surface area contributed by atoms with Crippen molar-refractivity contribution >= 4 is 29.9 Å². The molecule has 2 N–H and O–H groups in total. The van der Waals surface area contributed by atoms with Crippen molar-refractivity contribution in [2.75, 3.05) is 28.3 Å². The number of aliphatic imine (C=N–C) groups is 1. The van der Waals surface area contributed by atoms with Gasteiger partial charge < -0.3 is 20.3 Å². The van der Waals surface area contributed by atoms with Crippen LogP contribution < -0.4 is 15.4 Å². The number of rotatable bonds is 7. The zero-order valence-corrected chi connectivity index (χ0v) is 18.3. The molecule has 26 heavy (non-hydrogen) atoms. The minimum Gasteiger partial charge on any atom is -0.496 e. The smallest absolute Gasteiger partial charge is 0.191 e. The molecule has 0 aliphatic heterocycles. The summed E-state index contributed by atoms with van der Waals surface area (Å²) in [6, 6.07) is 16.6. The molecule has 142 valence electrons. The third-order valence-corrected chi connectivity index (χ3v) is 3.84. The number of nitrogens with zero attached hydrogens (tertiary/aromatic N) is 2. The molecule has 0 aliphatic rings. The number of methoxy groups -OCH3 is 1. The molecular weight excluding hydrogens is 439 g/mol. The lowest BCUT2D eigenvalue weighted by molar-refractivity contribution is 0.402. The van der Waals surface area contributed by atoms with Gasteiger partial charge in [0.05, 0.1) is 7.11 Å². The summed E-state index contributed by atoms with van der Waals surface area (Å²) in [6.07, 6.45) is 0. The molecule has 0 saturated heterocycles. The largest absolute Gasteiger partial charge is 0.496 e. The van der Waals surface area contributed by atoms with Gasteiger partial charge in [-0.1, -0.05) is 42.5 Å². The van der Waals surface area contributed by atoms with Gasteiger partial charge in [0.1, 0.15) is 5.75 Å². The van der Waals surface area contributed by atoms with Crippen LogP contribution in [0.4, 0.5) is 0 Å². The lowest BCUT2D eigenvalue weighted by Gasteiger charge is -2.14. The van der Waals surface area contributed by atoms with E-state index < -0.39 is 0 Å². The summed E-state index contributed by atoms with van der Waals surface area (Å²) in [7, 11) is 7.61. The Balaban J connectivity index is 0.00000338. The van der Waals surface area contributed by atoms with Crippen LogP contribution in [-0.2, 0) is 19.6 Å². The molecule has 2 aromatic rings. The average molecular weight is 468 g/mol. The van der Waals surface area contributed by atoms with E-state index in [1.807, 2.05) is 24.3 Å². The number of benzene rings is 2. The van der Waals surface area contributed by atoms with Crippen molar-refractivity contribution in [3.05, 3.63) is 65.2 Å². The Labute approximate surface area is 173 Å². The van der Waals surface area contributed by atoms with Crippen LogP contribution in [0.3, 0.4) is 0 Å². The van der Waals surface area contributed by atoms with E-state index in [2.05, 4.69) is 58.9 Å². The lowest BCUT2D eigenvalue weighted by Crippen LogP contribution is -2.36. The summed E-state index contributed by atoms with van der Waals surface area (Å²) in [5.74, 6) is 1.64. The van der Waals surface area contributed by atoms with E-state index in [1.165, 1.54) is 11.1 Å². The molecule has 2 aromatic carbocycles. The van der Waals surface area contributed by atoms with Gasteiger partial charge in [0, 0.05) is 32.2 Å². The van der Waals surface area contributed by atoms with Crippen LogP contribution in [0.2, 0.25) is 0 Å². The molecule has 5 nitrogen and oxygen atoms in total. The second-order valence-corrected chi connectivity index (χ2v) is 6.15. The molecule has 0 unspecified atom stereocenters. The van der Waals surface area contributed by atoms with Crippen LogP contribution in [0.15, 0.2) is 53.5 Å². The number of para-hydroxylation sites is 1. The normalized spacial score (nSPS) is 11.0. The molecule has 2 rings (SSSR count). The molecule has 0 saturated carbocycles. The number of hydrogen-bond acceptors (Lipinski definition) is 3. The Morgan fingerprint density at radius 2 is 1.58 bits per heavy atom. The summed E-state index contributed by atoms with van der Waals surface area (Å²) < 4.78 is 5.38. The molecule has 0 spiro atoms. The molecule has 0 fully saturated rings. The topological polar surface area (TPSA) is 48.9 Å². The summed E-state index contributed by atoms with van der Waals surface area (Å²) in [6.45, 7) is 2.34. The van der Waals surface area contributed by atoms with E-state index in [0.717, 1.165) is 30.4 Å². The van der Waals surface area contributed by atoms with Crippen molar-refractivity contribution in [2.45, 2.75) is 19.6 Å². The Morgan fingerprint density at radius 3 is 2.19 bits per heavy atom. The molecular formula is C20H29IN4O. The molecule has 0 radical (unpaired) electrons. The Morgan fingerprint density at radius 1 is 0.962 bits per heavy atom. The van der Waals surface area contributed by atoms with Crippen molar-refractivity contribution in [3.63, 3.8) is 0 Å². The van der Waals surface area contributed by atoms with E-state index in [0.29, 0.717) is 6.54 Å². The first-order valence-corrected chi connectivity index (χ1v) is 8.41. The van der Waals surface area contributed by atoms with Crippen LogP contribution >= 0.6 is 24.0 Å². The van der Waals surface area contributed by atoms with Crippen molar-refractivity contribution in [1.82, 2.24) is 15.5 Å². The summed E-state index contributed by atoms with van der Waals surface area (Å²) >= 11 is 0. The van der Waals surface area contributed by atoms with Gasteiger partial charge in [-0.3, -0.25) is 4.99 Å². The fraction of sp³-hybridized carbons (Fsp3) is 0.350. The Kier molecular flexibility index (Phi) is 10.0. The van der Waals surface area contributed by atoms with Crippen LogP contribution in [0.5, 0.6) is 5.75 Å². The molecule has 0 amide bonds. The zero-order valence-electron chi connectivity index (χ0n) is 16.0. The fourth-order valence-corrected chi connectivity index (χ4v) is 2.56. The second kappa shape index (κ2) is 11.7. The minimum absolute atomic E-state index is 0. The number of halogens is 1. The number of guanidine groups is 1. The maximum Gasteiger partial charge on any atom is 0.191 e. The lowest BCUT2D eigenvalue weighted by atomic mass is 10.1. The van der Waals surface area contributed by atoms with Crippen molar-refractivity contribution in [2.24, 2.45) is 4.99 Å². The first-order valence-electron chi connectivity index (χ1n) is 8.41. The first-order chi connectivity index (χ1) is 12.1. The van der Waals surface area contributed by atoms with E-state index in [4.69, 9.17) is 4.74 Å². The number of hydrogen-bond donors (Lipinski definition) is 2.